The Morgan fingerprint density at radius 3 is 2.67 bits per heavy atom. The molecule has 2 heterocycles. The van der Waals surface area contributed by atoms with Gasteiger partial charge in [0.1, 0.15) is 11.8 Å². The van der Waals surface area contributed by atoms with Crippen LogP contribution < -0.4 is 5.32 Å². The summed E-state index contributed by atoms with van der Waals surface area (Å²) in [6, 6.07) is 1.01. The zero-order valence-electron chi connectivity index (χ0n) is 10.6. The van der Waals surface area contributed by atoms with Crippen molar-refractivity contribution in [3.8, 4) is 0 Å². The van der Waals surface area contributed by atoms with Crippen molar-refractivity contribution in [3.63, 3.8) is 0 Å². The standard InChI is InChI=1S/C12H17N3O3/c1-8-7-10(14-18-8)11(16)13-9(2)12(17)15-5-3-4-6-15/h7,9H,3-6H2,1-2H3,(H,13,16). The number of aryl methyl sites for hydroxylation is 1. The zero-order valence-corrected chi connectivity index (χ0v) is 10.6. The van der Waals surface area contributed by atoms with Gasteiger partial charge in [-0.15, -0.1) is 0 Å². The Labute approximate surface area is 105 Å². The molecule has 1 aliphatic rings. The first-order valence-electron chi connectivity index (χ1n) is 6.11. The Morgan fingerprint density at radius 1 is 1.44 bits per heavy atom. The van der Waals surface area contributed by atoms with Gasteiger partial charge in [0, 0.05) is 19.2 Å². The average Bonchev–Trinajstić information content (AvgIpc) is 2.98. The molecule has 18 heavy (non-hydrogen) atoms. The number of nitrogens with one attached hydrogen (secondary N) is 1. The smallest absolute Gasteiger partial charge is 0.274 e. The van der Waals surface area contributed by atoms with Crippen LogP contribution in [0.5, 0.6) is 0 Å². The number of hydrogen-bond donors (Lipinski definition) is 1. The molecule has 0 spiro atoms. The number of nitrogens with zero attached hydrogens (tertiary/aromatic N) is 2. The van der Waals surface area contributed by atoms with E-state index in [0.717, 1.165) is 25.9 Å². The van der Waals surface area contributed by atoms with Gasteiger partial charge in [-0.2, -0.15) is 0 Å². The van der Waals surface area contributed by atoms with Crippen molar-refractivity contribution < 1.29 is 14.1 Å². The summed E-state index contributed by atoms with van der Waals surface area (Å²) >= 11 is 0. The lowest BCUT2D eigenvalue weighted by atomic mass is 10.2. The van der Waals surface area contributed by atoms with E-state index in [9.17, 15) is 9.59 Å². The summed E-state index contributed by atoms with van der Waals surface area (Å²) < 4.78 is 4.82. The van der Waals surface area contributed by atoms with Gasteiger partial charge < -0.3 is 14.7 Å². The molecule has 0 saturated carbocycles. The highest BCUT2D eigenvalue weighted by Gasteiger charge is 2.25. The molecule has 1 atom stereocenters. The Bertz CT molecular complexity index is 449. The molecule has 6 heteroatoms. The van der Waals surface area contributed by atoms with Crippen molar-refractivity contribution in [3.05, 3.63) is 17.5 Å². The summed E-state index contributed by atoms with van der Waals surface area (Å²) in [6.45, 7) is 4.96. The summed E-state index contributed by atoms with van der Waals surface area (Å²) in [7, 11) is 0. The van der Waals surface area contributed by atoms with Crippen LogP contribution in [-0.2, 0) is 4.79 Å². The van der Waals surface area contributed by atoms with E-state index >= 15 is 0 Å². The molecule has 0 aliphatic carbocycles. The minimum Gasteiger partial charge on any atom is -0.361 e. The van der Waals surface area contributed by atoms with Crippen LogP contribution in [0, 0.1) is 6.92 Å². The highest BCUT2D eigenvalue weighted by molar-refractivity contribution is 5.95. The number of hydrogen-bond acceptors (Lipinski definition) is 4. The third kappa shape index (κ3) is 2.69. The lowest BCUT2D eigenvalue weighted by Gasteiger charge is -2.20. The van der Waals surface area contributed by atoms with Gasteiger partial charge in [0.05, 0.1) is 0 Å². The number of carbonyl (C=O) groups excluding carboxylic acids is 2. The van der Waals surface area contributed by atoms with Gasteiger partial charge in [0.2, 0.25) is 5.91 Å². The van der Waals surface area contributed by atoms with E-state index in [2.05, 4.69) is 10.5 Å². The maximum absolute atomic E-state index is 12.0. The highest BCUT2D eigenvalue weighted by Crippen LogP contribution is 2.09. The summed E-state index contributed by atoms with van der Waals surface area (Å²) in [5.74, 6) is 0.145. The van der Waals surface area contributed by atoms with Gasteiger partial charge in [-0.25, -0.2) is 0 Å². The Balaban J connectivity index is 1.92. The molecule has 0 radical (unpaired) electrons. The van der Waals surface area contributed by atoms with Crippen molar-refractivity contribution >= 4 is 11.8 Å². The van der Waals surface area contributed by atoms with Crippen molar-refractivity contribution in [2.75, 3.05) is 13.1 Å². The van der Waals surface area contributed by atoms with E-state index in [4.69, 9.17) is 4.52 Å². The van der Waals surface area contributed by atoms with E-state index < -0.39 is 6.04 Å². The number of aromatic nitrogens is 1. The van der Waals surface area contributed by atoms with Gasteiger partial charge in [-0.05, 0) is 26.7 Å². The summed E-state index contributed by atoms with van der Waals surface area (Å²) in [6.07, 6.45) is 2.07. The number of likely N-dealkylation sites (tertiary alicyclic amines) is 1. The van der Waals surface area contributed by atoms with Gasteiger partial charge >= 0.3 is 0 Å². The van der Waals surface area contributed by atoms with Crippen LogP contribution >= 0.6 is 0 Å². The fourth-order valence-electron chi connectivity index (χ4n) is 2.02. The average molecular weight is 251 g/mol. The molecule has 1 fully saturated rings. The number of rotatable bonds is 3. The topological polar surface area (TPSA) is 75.4 Å². The molecule has 1 N–H and O–H groups in total. The van der Waals surface area contributed by atoms with Gasteiger partial charge in [0.15, 0.2) is 5.69 Å². The molecule has 2 amide bonds. The van der Waals surface area contributed by atoms with Crippen LogP contribution in [0.1, 0.15) is 36.0 Å². The van der Waals surface area contributed by atoms with Gasteiger partial charge in [0.25, 0.3) is 5.91 Å². The molecule has 0 bridgehead atoms. The second-order valence-electron chi connectivity index (χ2n) is 4.55. The Hall–Kier alpha value is -1.85. The third-order valence-electron chi connectivity index (χ3n) is 3.00. The third-order valence-corrected chi connectivity index (χ3v) is 3.00. The SMILES string of the molecule is Cc1cc(C(=O)NC(C)C(=O)N2CCCC2)no1. The van der Waals surface area contributed by atoms with Crippen molar-refractivity contribution in [1.82, 2.24) is 15.4 Å². The van der Waals surface area contributed by atoms with Crippen molar-refractivity contribution in [2.45, 2.75) is 32.7 Å². The highest BCUT2D eigenvalue weighted by atomic mass is 16.5. The molecule has 1 aromatic rings. The molecule has 2 rings (SSSR count). The maximum atomic E-state index is 12.0. The molecule has 1 aliphatic heterocycles. The van der Waals surface area contributed by atoms with E-state index in [1.54, 1.807) is 24.8 Å². The summed E-state index contributed by atoms with van der Waals surface area (Å²) in [4.78, 5) is 25.5. The monoisotopic (exact) mass is 251 g/mol. The fraction of sp³-hybridized carbons (Fsp3) is 0.583. The first-order chi connectivity index (χ1) is 8.58. The molecule has 1 aromatic heterocycles. The molecule has 0 aromatic carbocycles. The first-order valence-corrected chi connectivity index (χ1v) is 6.11. The fourth-order valence-corrected chi connectivity index (χ4v) is 2.02. The molecular formula is C12H17N3O3. The van der Waals surface area contributed by atoms with Crippen LogP contribution in [0.25, 0.3) is 0 Å². The van der Waals surface area contributed by atoms with Crippen LogP contribution in [0.15, 0.2) is 10.6 Å². The first kappa shape index (κ1) is 12.6. The summed E-state index contributed by atoms with van der Waals surface area (Å²) in [5.41, 5.74) is 0.202. The predicted octanol–water partition coefficient (Wildman–Crippen LogP) is 0.724. The number of amides is 2. The molecular weight excluding hydrogens is 234 g/mol. The predicted molar refractivity (Wildman–Crippen MR) is 64.0 cm³/mol. The Kier molecular flexibility index (Phi) is 3.64. The van der Waals surface area contributed by atoms with Crippen molar-refractivity contribution in [1.29, 1.82) is 0 Å². The van der Waals surface area contributed by atoms with Crippen LogP contribution in [0.2, 0.25) is 0 Å². The van der Waals surface area contributed by atoms with E-state index in [-0.39, 0.29) is 17.5 Å². The molecule has 1 saturated heterocycles. The van der Waals surface area contributed by atoms with E-state index in [1.807, 2.05) is 0 Å². The lowest BCUT2D eigenvalue weighted by Crippen LogP contribution is -2.46. The Morgan fingerprint density at radius 2 is 2.11 bits per heavy atom. The molecule has 6 nitrogen and oxygen atoms in total. The molecule has 98 valence electrons. The van der Waals surface area contributed by atoms with Crippen molar-refractivity contribution in [2.24, 2.45) is 0 Å². The van der Waals surface area contributed by atoms with Crippen LogP contribution in [0.3, 0.4) is 0 Å². The quantitative estimate of drug-likeness (QED) is 0.859. The maximum Gasteiger partial charge on any atom is 0.274 e. The van der Waals surface area contributed by atoms with E-state index in [0.29, 0.717) is 5.76 Å². The number of carbonyl (C=O) groups is 2. The van der Waals surface area contributed by atoms with Crippen LogP contribution in [0.4, 0.5) is 0 Å². The zero-order chi connectivity index (χ0) is 13.1. The van der Waals surface area contributed by atoms with Gasteiger partial charge in [-0.3, -0.25) is 9.59 Å². The molecule has 1 unspecified atom stereocenters. The largest absolute Gasteiger partial charge is 0.361 e. The second-order valence-corrected chi connectivity index (χ2v) is 4.55. The van der Waals surface area contributed by atoms with Gasteiger partial charge in [-0.1, -0.05) is 5.16 Å². The lowest BCUT2D eigenvalue weighted by molar-refractivity contribution is -0.131. The minimum atomic E-state index is -0.535. The summed E-state index contributed by atoms with van der Waals surface area (Å²) in [5, 5.41) is 6.25. The normalized spacial score (nSPS) is 16.7. The van der Waals surface area contributed by atoms with Crippen LogP contribution in [-0.4, -0.2) is 41.0 Å². The second kappa shape index (κ2) is 5.20. The minimum absolute atomic E-state index is 0.0407. The van der Waals surface area contributed by atoms with E-state index in [1.165, 1.54) is 0 Å².